The summed E-state index contributed by atoms with van der Waals surface area (Å²) in [6.07, 6.45) is 23.2. The summed E-state index contributed by atoms with van der Waals surface area (Å²) in [5.74, 6) is -0.669. The molecule has 6 saturated carbocycles. The minimum absolute atomic E-state index is 0.0314. The van der Waals surface area contributed by atoms with Gasteiger partial charge in [-0.25, -0.2) is 0 Å². The lowest BCUT2D eigenvalue weighted by atomic mass is 9.39. The Labute approximate surface area is 381 Å². The van der Waals surface area contributed by atoms with E-state index in [2.05, 4.69) is 35.8 Å². The van der Waals surface area contributed by atoms with Crippen LogP contribution in [-0.4, -0.2) is 96.5 Å². The quantitative estimate of drug-likeness (QED) is 0.127. The van der Waals surface area contributed by atoms with Gasteiger partial charge in [-0.05, 0) is 161 Å². The number of allylic oxidation sites excluding steroid dienone is 5. The predicted molar refractivity (Wildman–Crippen MR) is 245 cm³/mol. The number of ketones is 1. The summed E-state index contributed by atoms with van der Waals surface area (Å²) in [6, 6.07) is 0. The third-order valence-corrected chi connectivity index (χ3v) is 20.4. The average molecular weight is 888 g/mol. The van der Waals surface area contributed by atoms with E-state index in [-0.39, 0.29) is 67.0 Å². The fourth-order valence-corrected chi connectivity index (χ4v) is 17.7. The summed E-state index contributed by atoms with van der Waals surface area (Å²) in [7, 11) is 0. The van der Waals surface area contributed by atoms with Gasteiger partial charge in [-0.1, -0.05) is 70.1 Å². The average Bonchev–Trinajstić information content (AvgIpc) is 3.90. The molecule has 0 bridgehead atoms. The zero-order valence-electron chi connectivity index (χ0n) is 39.0. The van der Waals surface area contributed by atoms with Gasteiger partial charge in [0.25, 0.3) is 0 Å². The first-order chi connectivity index (χ1) is 30.6. The van der Waals surface area contributed by atoms with Crippen molar-refractivity contribution in [1.82, 2.24) is 10.6 Å². The molecule has 7 fully saturated rings. The van der Waals surface area contributed by atoms with Gasteiger partial charge >= 0.3 is 0 Å². The molecule has 0 aromatic heterocycles. The van der Waals surface area contributed by atoms with Crippen LogP contribution in [0.3, 0.4) is 0 Å². The Kier molecular flexibility index (Phi) is 12.0. The third-order valence-electron chi connectivity index (χ3n) is 20.4. The van der Waals surface area contributed by atoms with Crippen molar-refractivity contribution in [3.8, 4) is 0 Å². The van der Waals surface area contributed by atoms with Crippen LogP contribution in [0.4, 0.5) is 0 Å². The van der Waals surface area contributed by atoms with E-state index in [0.29, 0.717) is 49.3 Å². The van der Waals surface area contributed by atoms with E-state index in [1.807, 2.05) is 19.2 Å². The highest BCUT2D eigenvalue weighted by Gasteiger charge is 2.78. The van der Waals surface area contributed by atoms with Crippen LogP contribution in [0.15, 0.2) is 47.3 Å². The van der Waals surface area contributed by atoms with Crippen molar-refractivity contribution < 1.29 is 40.2 Å². The van der Waals surface area contributed by atoms with E-state index in [1.54, 1.807) is 6.92 Å². The van der Waals surface area contributed by atoms with Crippen LogP contribution in [0.25, 0.3) is 0 Å². The number of dihydropyridines is 1. The normalized spacial score (nSPS) is 49.2. The Morgan fingerprint density at radius 1 is 0.938 bits per heavy atom. The highest BCUT2D eigenvalue weighted by atomic mass is 16.5. The van der Waals surface area contributed by atoms with Gasteiger partial charge in [0.05, 0.1) is 53.6 Å². The summed E-state index contributed by atoms with van der Waals surface area (Å²) >= 11 is 0. The number of hydrogen-bond donors (Lipinski definition) is 9. The summed E-state index contributed by atoms with van der Waals surface area (Å²) in [5.41, 5.74) is 1.89. The zero-order valence-corrected chi connectivity index (χ0v) is 39.0. The van der Waals surface area contributed by atoms with Gasteiger partial charge in [0.1, 0.15) is 5.60 Å². The number of nitrogens with one attached hydrogen (secondary N) is 2. The van der Waals surface area contributed by atoms with Crippen LogP contribution in [0, 0.1) is 64.1 Å². The molecule has 8 aliphatic carbocycles. The summed E-state index contributed by atoms with van der Waals surface area (Å²) in [5, 5.41) is 82.7. The van der Waals surface area contributed by atoms with Crippen LogP contribution in [-0.2, 0) is 9.53 Å². The molecule has 1 unspecified atom stereocenters. The fourth-order valence-electron chi connectivity index (χ4n) is 17.7. The second kappa shape index (κ2) is 16.8. The molecule has 10 aliphatic rings. The molecule has 11 nitrogen and oxygen atoms in total. The monoisotopic (exact) mass is 888 g/mol. The molecule has 0 amide bonds. The molecule has 0 aromatic rings. The van der Waals surface area contributed by atoms with Gasteiger partial charge < -0.3 is 51.7 Å². The maximum Gasteiger partial charge on any atom is 0.182 e. The highest BCUT2D eigenvalue weighted by Crippen LogP contribution is 2.76. The van der Waals surface area contributed by atoms with Crippen LogP contribution >= 0.6 is 0 Å². The Morgan fingerprint density at radius 2 is 1.70 bits per heavy atom. The van der Waals surface area contributed by atoms with E-state index in [4.69, 9.17) is 10.5 Å². The molecular formula is C53H81N3O8. The van der Waals surface area contributed by atoms with Crippen LogP contribution in [0.2, 0.25) is 0 Å². The van der Waals surface area contributed by atoms with E-state index in [0.717, 1.165) is 75.7 Å². The van der Waals surface area contributed by atoms with Crippen LogP contribution < -0.4 is 16.4 Å². The number of nitrogens with two attached hydrogens (primary N) is 1. The number of hydrogen-bond acceptors (Lipinski definition) is 11. The van der Waals surface area contributed by atoms with Crippen LogP contribution in [0.5, 0.6) is 0 Å². The zero-order chi connectivity index (χ0) is 45.0. The Morgan fingerprint density at radius 3 is 2.44 bits per heavy atom. The molecule has 0 radical (unpaired) electrons. The Hall–Kier alpha value is -2.09. The summed E-state index contributed by atoms with van der Waals surface area (Å²) in [4.78, 5) is 15.6. The molecule has 1 spiro atoms. The second-order valence-electron chi connectivity index (χ2n) is 23.5. The molecule has 10 N–H and O–H groups in total. The summed E-state index contributed by atoms with van der Waals surface area (Å²) in [6.45, 7) is 5.98. The molecule has 64 heavy (non-hydrogen) atoms. The maximum atomic E-state index is 15.6. The predicted octanol–water partition coefficient (Wildman–Crippen LogP) is 5.82. The lowest BCUT2D eigenvalue weighted by Gasteiger charge is -2.66. The van der Waals surface area contributed by atoms with Crippen molar-refractivity contribution in [1.29, 1.82) is 0 Å². The lowest BCUT2D eigenvalue weighted by molar-refractivity contribution is -0.263. The van der Waals surface area contributed by atoms with Gasteiger partial charge in [0.15, 0.2) is 5.78 Å². The third kappa shape index (κ3) is 6.80. The van der Waals surface area contributed by atoms with Gasteiger partial charge in [-0.2, -0.15) is 0 Å². The first kappa shape index (κ1) is 45.7. The number of Topliss-reactive ketones (excluding diaryl/α,β-unsaturated/α-hetero) is 1. The highest BCUT2D eigenvalue weighted by molar-refractivity contribution is 6.00. The molecule has 11 heteroatoms. The second-order valence-corrected chi connectivity index (χ2v) is 23.5. The van der Waals surface area contributed by atoms with E-state index in [9.17, 15) is 30.6 Å². The largest absolute Gasteiger partial charge is 0.392 e. The standard InChI is InChI=1S/C53H81N3O8/c1-4-9-31-13-18-36-37-12-7-8-22-53(63,48(37)64-41(36)19-14-31)49(3,61)42-21-23-52(62)45-44-33(26-51(42,52)35-10-5-6-11-35)16-15-32(34-17-20-43(54)55-29-34)25-50(44)27-40(59)39(58)24-38(50)47(60)46(45)56-28-30(2)57/h15-17,20,29-33,35-44,48,55-59,61-63H,4-14,18-19,21-28,54H2,1-3H3/t30-,31-,32+,33+,36-,37-,38-,39+,40-,41+,42+,43?,44-,48+,49+,50-,51-,52+,53+/m0/s1. The van der Waals surface area contributed by atoms with Gasteiger partial charge in [-0.15, -0.1) is 0 Å². The van der Waals surface area contributed by atoms with E-state index >= 15 is 4.79 Å². The lowest BCUT2D eigenvalue weighted by Crippen LogP contribution is -2.71. The van der Waals surface area contributed by atoms with Crippen molar-refractivity contribution in [2.75, 3.05) is 6.54 Å². The Bertz CT molecular complexity index is 1910. The van der Waals surface area contributed by atoms with Crippen molar-refractivity contribution in [2.24, 2.45) is 69.8 Å². The number of aliphatic hydroxyl groups excluding tert-OH is 3. The molecule has 10 rings (SSSR count). The van der Waals surface area contributed by atoms with E-state index in [1.165, 1.54) is 19.3 Å². The van der Waals surface area contributed by atoms with Gasteiger partial charge in [0, 0.05) is 30.0 Å². The van der Waals surface area contributed by atoms with Crippen LogP contribution in [0.1, 0.15) is 149 Å². The molecule has 356 valence electrons. The maximum absolute atomic E-state index is 15.6. The van der Waals surface area contributed by atoms with E-state index < -0.39 is 63.9 Å². The first-order valence-electron chi connectivity index (χ1n) is 26.1. The van der Waals surface area contributed by atoms with Crippen molar-refractivity contribution in [3.05, 3.63) is 47.3 Å². The number of rotatable bonds is 9. The molecular weight excluding hydrogens is 807 g/mol. The minimum Gasteiger partial charge on any atom is -0.392 e. The molecule has 19 atom stereocenters. The number of fused-ring (bicyclic) bond motifs is 5. The number of carbonyl (C=O) groups excluding carboxylic acids is 1. The molecule has 2 aliphatic heterocycles. The topological polar surface area (TPSA) is 198 Å². The molecule has 0 aromatic carbocycles. The fraction of sp³-hybridized carbons (Fsp3) is 0.830. The number of ether oxygens (including phenoxy) is 1. The van der Waals surface area contributed by atoms with Crippen molar-refractivity contribution in [3.63, 3.8) is 0 Å². The smallest absolute Gasteiger partial charge is 0.182 e. The molecule has 2 heterocycles. The first-order valence-corrected chi connectivity index (χ1v) is 26.1. The number of aliphatic hydroxyl groups is 6. The van der Waals surface area contributed by atoms with Crippen molar-refractivity contribution in [2.45, 2.75) is 203 Å². The summed E-state index contributed by atoms with van der Waals surface area (Å²) < 4.78 is 7.20. The number of carbonyl (C=O) groups is 1. The Balaban J connectivity index is 1.13. The molecule has 1 saturated heterocycles. The van der Waals surface area contributed by atoms with Gasteiger partial charge in [0.2, 0.25) is 0 Å². The van der Waals surface area contributed by atoms with Gasteiger partial charge in [-0.3, -0.25) is 4.79 Å². The SMILES string of the molecule is CCC[C@H]1CC[C@H]2[C@@H]3CCCC[C@](O)([C@](C)(O)[C@H]4CC[C@@]5(O)C6=C(NC[C@H](C)O)C(=O)[C@@H]7C[C@@H](O)[C@@H](O)C[C@@]78C[C@H](C7=CNC(N)C=C7)C=C[C@H](C[C@]45C4CCCC4)[C@@H]68)[C@@H]3O[C@@H]2CC1. The van der Waals surface area contributed by atoms with Crippen molar-refractivity contribution >= 4 is 5.78 Å². The minimum atomic E-state index is -1.63.